The SMILES string of the molecule is CC(C)CC1NC(=O)C2(CCCC2)N(CC2CC2)C1=O. The Balaban J connectivity index is 1.84. The Kier molecular flexibility index (Phi) is 3.51. The molecular weight excluding hydrogens is 252 g/mol. The van der Waals surface area contributed by atoms with E-state index < -0.39 is 5.54 Å². The van der Waals surface area contributed by atoms with Gasteiger partial charge in [0.15, 0.2) is 0 Å². The van der Waals surface area contributed by atoms with E-state index in [-0.39, 0.29) is 17.9 Å². The van der Waals surface area contributed by atoms with Gasteiger partial charge in [0.05, 0.1) is 0 Å². The van der Waals surface area contributed by atoms with Gasteiger partial charge in [0.1, 0.15) is 11.6 Å². The summed E-state index contributed by atoms with van der Waals surface area (Å²) in [7, 11) is 0. The summed E-state index contributed by atoms with van der Waals surface area (Å²) in [6.45, 7) is 5.01. The number of piperazine rings is 1. The summed E-state index contributed by atoms with van der Waals surface area (Å²) in [5.74, 6) is 1.35. The van der Waals surface area contributed by atoms with E-state index in [0.717, 1.165) is 38.6 Å². The van der Waals surface area contributed by atoms with Gasteiger partial charge in [-0.15, -0.1) is 0 Å². The van der Waals surface area contributed by atoms with Crippen LogP contribution < -0.4 is 5.32 Å². The number of carbonyl (C=O) groups is 2. The highest BCUT2D eigenvalue weighted by molar-refractivity contribution is 6.00. The molecule has 3 aliphatic rings. The summed E-state index contributed by atoms with van der Waals surface area (Å²) in [4.78, 5) is 27.5. The molecule has 3 fully saturated rings. The number of nitrogens with zero attached hydrogens (tertiary/aromatic N) is 1. The Morgan fingerprint density at radius 3 is 2.45 bits per heavy atom. The Bertz CT molecular complexity index is 409. The molecule has 2 amide bonds. The van der Waals surface area contributed by atoms with Crippen molar-refractivity contribution in [3.05, 3.63) is 0 Å². The van der Waals surface area contributed by atoms with Crippen LogP contribution in [0.5, 0.6) is 0 Å². The van der Waals surface area contributed by atoms with Crippen molar-refractivity contribution in [2.24, 2.45) is 11.8 Å². The molecule has 0 aromatic heterocycles. The minimum absolute atomic E-state index is 0.112. The van der Waals surface area contributed by atoms with E-state index in [4.69, 9.17) is 0 Å². The van der Waals surface area contributed by atoms with Crippen LogP contribution in [0.2, 0.25) is 0 Å². The van der Waals surface area contributed by atoms with Crippen molar-refractivity contribution < 1.29 is 9.59 Å². The minimum Gasteiger partial charge on any atom is -0.342 e. The first-order valence-electron chi connectivity index (χ1n) is 8.15. The molecule has 4 nitrogen and oxygen atoms in total. The molecule has 3 rings (SSSR count). The normalized spacial score (nSPS) is 29.4. The van der Waals surface area contributed by atoms with Crippen molar-refractivity contribution in [2.45, 2.75) is 70.4 Å². The standard InChI is InChI=1S/C16H26N2O2/c1-11(2)9-13-14(19)18(10-12-5-6-12)16(15(20)17-13)7-3-4-8-16/h11-13H,3-10H2,1-2H3,(H,17,20). The molecule has 0 bridgehead atoms. The van der Waals surface area contributed by atoms with Crippen LogP contribution in [0.15, 0.2) is 0 Å². The Hall–Kier alpha value is -1.06. The fourth-order valence-electron chi connectivity index (χ4n) is 3.79. The molecule has 0 aromatic rings. The molecule has 1 aliphatic heterocycles. The van der Waals surface area contributed by atoms with E-state index in [9.17, 15) is 9.59 Å². The van der Waals surface area contributed by atoms with E-state index in [1.165, 1.54) is 12.8 Å². The molecule has 1 atom stereocenters. The van der Waals surface area contributed by atoms with Crippen molar-refractivity contribution in [3.8, 4) is 0 Å². The third kappa shape index (κ3) is 2.33. The summed E-state index contributed by atoms with van der Waals surface area (Å²) in [5, 5.41) is 3.02. The zero-order valence-corrected chi connectivity index (χ0v) is 12.7. The molecule has 20 heavy (non-hydrogen) atoms. The van der Waals surface area contributed by atoms with Crippen LogP contribution in [-0.4, -0.2) is 34.8 Å². The van der Waals surface area contributed by atoms with Crippen molar-refractivity contribution in [1.82, 2.24) is 10.2 Å². The van der Waals surface area contributed by atoms with Gasteiger partial charge in [-0.2, -0.15) is 0 Å². The Morgan fingerprint density at radius 1 is 1.25 bits per heavy atom. The molecule has 4 heteroatoms. The number of hydrogen-bond acceptors (Lipinski definition) is 2. The number of hydrogen-bond donors (Lipinski definition) is 1. The minimum atomic E-state index is -0.507. The van der Waals surface area contributed by atoms with Crippen LogP contribution in [0.25, 0.3) is 0 Å². The first-order chi connectivity index (χ1) is 9.53. The predicted molar refractivity (Wildman–Crippen MR) is 77.0 cm³/mol. The maximum absolute atomic E-state index is 12.8. The van der Waals surface area contributed by atoms with E-state index in [1.807, 2.05) is 4.90 Å². The maximum Gasteiger partial charge on any atom is 0.246 e. The van der Waals surface area contributed by atoms with E-state index >= 15 is 0 Å². The second-order valence-corrected chi connectivity index (χ2v) is 7.29. The van der Waals surface area contributed by atoms with Crippen LogP contribution in [0.4, 0.5) is 0 Å². The quantitative estimate of drug-likeness (QED) is 0.856. The lowest BCUT2D eigenvalue weighted by Crippen LogP contribution is -2.70. The predicted octanol–water partition coefficient (Wildman–Crippen LogP) is 2.08. The fraction of sp³-hybridized carbons (Fsp3) is 0.875. The molecule has 2 saturated carbocycles. The van der Waals surface area contributed by atoms with Gasteiger partial charge in [-0.05, 0) is 43.9 Å². The van der Waals surface area contributed by atoms with Gasteiger partial charge < -0.3 is 10.2 Å². The van der Waals surface area contributed by atoms with E-state index in [2.05, 4.69) is 19.2 Å². The molecular formula is C16H26N2O2. The molecule has 1 N–H and O–H groups in total. The summed E-state index contributed by atoms with van der Waals surface area (Å²) < 4.78 is 0. The lowest BCUT2D eigenvalue weighted by molar-refractivity contribution is -0.158. The smallest absolute Gasteiger partial charge is 0.246 e. The van der Waals surface area contributed by atoms with Gasteiger partial charge >= 0.3 is 0 Å². The first kappa shape index (κ1) is 13.9. The van der Waals surface area contributed by atoms with Gasteiger partial charge in [0.2, 0.25) is 11.8 Å². The molecule has 1 spiro atoms. The van der Waals surface area contributed by atoms with E-state index in [0.29, 0.717) is 11.8 Å². The first-order valence-corrected chi connectivity index (χ1v) is 8.15. The second-order valence-electron chi connectivity index (χ2n) is 7.29. The monoisotopic (exact) mass is 278 g/mol. The third-order valence-corrected chi connectivity index (χ3v) is 5.08. The summed E-state index contributed by atoms with van der Waals surface area (Å²) in [6, 6.07) is -0.299. The molecule has 112 valence electrons. The van der Waals surface area contributed by atoms with Gasteiger partial charge in [-0.1, -0.05) is 26.7 Å². The van der Waals surface area contributed by atoms with Crippen LogP contribution in [-0.2, 0) is 9.59 Å². The number of amides is 2. The van der Waals surface area contributed by atoms with Gasteiger partial charge in [-0.3, -0.25) is 9.59 Å². The van der Waals surface area contributed by atoms with Crippen molar-refractivity contribution in [1.29, 1.82) is 0 Å². The van der Waals surface area contributed by atoms with Crippen molar-refractivity contribution in [3.63, 3.8) is 0 Å². The lowest BCUT2D eigenvalue weighted by Gasteiger charge is -2.47. The highest BCUT2D eigenvalue weighted by Gasteiger charge is 2.54. The van der Waals surface area contributed by atoms with Crippen molar-refractivity contribution >= 4 is 11.8 Å². The number of carbonyl (C=O) groups excluding carboxylic acids is 2. The van der Waals surface area contributed by atoms with Gasteiger partial charge in [-0.25, -0.2) is 0 Å². The van der Waals surface area contributed by atoms with Crippen LogP contribution in [0.1, 0.15) is 58.8 Å². The Morgan fingerprint density at radius 2 is 1.90 bits per heavy atom. The molecule has 2 aliphatic carbocycles. The van der Waals surface area contributed by atoms with Crippen LogP contribution in [0, 0.1) is 11.8 Å². The van der Waals surface area contributed by atoms with Crippen molar-refractivity contribution in [2.75, 3.05) is 6.54 Å². The average molecular weight is 278 g/mol. The summed E-state index contributed by atoms with van der Waals surface area (Å²) >= 11 is 0. The highest BCUT2D eigenvalue weighted by Crippen LogP contribution is 2.41. The second kappa shape index (κ2) is 5.05. The topological polar surface area (TPSA) is 49.4 Å². The Labute approximate surface area is 121 Å². The molecule has 1 heterocycles. The molecule has 0 aromatic carbocycles. The van der Waals surface area contributed by atoms with Crippen LogP contribution >= 0.6 is 0 Å². The molecule has 1 saturated heterocycles. The lowest BCUT2D eigenvalue weighted by atomic mass is 9.87. The highest BCUT2D eigenvalue weighted by atomic mass is 16.2. The molecule has 1 unspecified atom stereocenters. The summed E-state index contributed by atoms with van der Waals surface area (Å²) in [6.07, 6.45) is 7.03. The third-order valence-electron chi connectivity index (χ3n) is 5.08. The zero-order valence-electron chi connectivity index (χ0n) is 12.7. The van der Waals surface area contributed by atoms with Gasteiger partial charge in [0, 0.05) is 6.54 Å². The average Bonchev–Trinajstić information content (AvgIpc) is 3.07. The fourth-order valence-corrected chi connectivity index (χ4v) is 3.79. The van der Waals surface area contributed by atoms with Crippen LogP contribution in [0.3, 0.4) is 0 Å². The largest absolute Gasteiger partial charge is 0.342 e. The maximum atomic E-state index is 12.8. The summed E-state index contributed by atoms with van der Waals surface area (Å²) in [5.41, 5.74) is -0.507. The zero-order chi connectivity index (χ0) is 14.3. The number of nitrogens with one attached hydrogen (secondary N) is 1. The molecule has 0 radical (unpaired) electrons. The number of rotatable bonds is 4. The van der Waals surface area contributed by atoms with E-state index in [1.54, 1.807) is 0 Å². The van der Waals surface area contributed by atoms with Gasteiger partial charge in [0.25, 0.3) is 0 Å².